The molecule has 0 atom stereocenters. The summed E-state index contributed by atoms with van der Waals surface area (Å²) < 4.78 is 0. The van der Waals surface area contributed by atoms with Crippen molar-refractivity contribution in [1.29, 1.82) is 0 Å². The molecule has 2 heterocycles. The predicted octanol–water partition coefficient (Wildman–Crippen LogP) is 2.25. The van der Waals surface area contributed by atoms with Crippen molar-refractivity contribution in [2.24, 2.45) is 0 Å². The van der Waals surface area contributed by atoms with Gasteiger partial charge in [-0.15, -0.1) is 0 Å². The first-order chi connectivity index (χ1) is 6.36. The second-order valence-corrected chi connectivity index (χ2v) is 2.79. The molecule has 2 rings (SSSR count). The van der Waals surface area contributed by atoms with E-state index >= 15 is 0 Å². The Bertz CT molecular complexity index is 396. The first kappa shape index (κ1) is 7.92. The van der Waals surface area contributed by atoms with Gasteiger partial charge in [0.1, 0.15) is 0 Å². The highest BCUT2D eigenvalue weighted by molar-refractivity contribution is 5.52. The molecule has 2 aromatic rings. The van der Waals surface area contributed by atoms with Crippen LogP contribution in [0.25, 0.3) is 11.4 Å². The normalized spacial score (nSPS) is 9.92. The van der Waals surface area contributed by atoms with Crippen LogP contribution in [0.3, 0.4) is 0 Å². The number of hydrogen-bond acceptors (Lipinski definition) is 2. The Kier molecular flexibility index (Phi) is 2.04. The molecule has 0 fully saturated rings. The maximum absolute atomic E-state index is 4.33. The molecule has 2 heteroatoms. The first-order valence-electron chi connectivity index (χ1n) is 4.13. The van der Waals surface area contributed by atoms with E-state index in [9.17, 15) is 0 Å². The number of pyridine rings is 2. The Labute approximate surface area is 77.3 Å². The smallest absolute Gasteiger partial charge is 0.0968 e. The van der Waals surface area contributed by atoms with Crippen LogP contribution in [0.4, 0.5) is 0 Å². The van der Waals surface area contributed by atoms with Crippen LogP contribution in [-0.4, -0.2) is 9.97 Å². The van der Waals surface area contributed by atoms with Gasteiger partial charge in [-0.3, -0.25) is 9.97 Å². The van der Waals surface area contributed by atoms with Crippen LogP contribution in [-0.2, 0) is 0 Å². The fourth-order valence-corrected chi connectivity index (χ4v) is 1.12. The highest BCUT2D eigenvalue weighted by atomic mass is 14.8. The van der Waals surface area contributed by atoms with Crippen molar-refractivity contribution in [2.45, 2.75) is 6.92 Å². The molecule has 0 aliphatic carbocycles. The van der Waals surface area contributed by atoms with Crippen molar-refractivity contribution < 1.29 is 0 Å². The van der Waals surface area contributed by atoms with E-state index in [1.54, 1.807) is 6.20 Å². The van der Waals surface area contributed by atoms with E-state index in [1.165, 1.54) is 0 Å². The van der Waals surface area contributed by atoms with E-state index in [4.69, 9.17) is 0 Å². The molecule has 0 amide bonds. The summed E-state index contributed by atoms with van der Waals surface area (Å²) in [4.78, 5) is 8.52. The number of aryl methyl sites for hydroxylation is 1. The minimum atomic E-state index is 0.806. The minimum absolute atomic E-state index is 0.806. The minimum Gasteiger partial charge on any atom is -0.255 e. The van der Waals surface area contributed by atoms with Gasteiger partial charge in [-0.05, 0) is 25.1 Å². The lowest BCUT2D eigenvalue weighted by molar-refractivity contribution is 1.17. The van der Waals surface area contributed by atoms with Crippen molar-refractivity contribution in [3.8, 4) is 11.4 Å². The van der Waals surface area contributed by atoms with Crippen LogP contribution in [0, 0.1) is 13.0 Å². The molecular weight excluding hydrogens is 160 g/mol. The van der Waals surface area contributed by atoms with Crippen LogP contribution in [0.2, 0.25) is 0 Å². The molecule has 0 aliphatic rings. The van der Waals surface area contributed by atoms with E-state index in [0.29, 0.717) is 0 Å². The Morgan fingerprint density at radius 1 is 1.23 bits per heavy atom. The summed E-state index contributed by atoms with van der Waals surface area (Å²) in [6.45, 7) is 1.96. The van der Waals surface area contributed by atoms with Gasteiger partial charge in [0.15, 0.2) is 0 Å². The van der Waals surface area contributed by atoms with E-state index < -0.39 is 0 Å². The zero-order chi connectivity index (χ0) is 9.10. The Morgan fingerprint density at radius 2 is 2.15 bits per heavy atom. The van der Waals surface area contributed by atoms with Crippen molar-refractivity contribution in [3.63, 3.8) is 0 Å². The molecule has 63 valence electrons. The van der Waals surface area contributed by atoms with Crippen LogP contribution in [0.1, 0.15) is 5.69 Å². The summed E-state index contributed by atoms with van der Waals surface area (Å²) >= 11 is 0. The molecular formula is C11H9N2. The number of nitrogens with zero attached hydrogens (tertiary/aromatic N) is 2. The molecule has 0 N–H and O–H groups in total. The van der Waals surface area contributed by atoms with Crippen molar-refractivity contribution >= 4 is 0 Å². The van der Waals surface area contributed by atoms with Crippen LogP contribution in [0.15, 0.2) is 36.5 Å². The van der Waals surface area contributed by atoms with Gasteiger partial charge < -0.3 is 0 Å². The van der Waals surface area contributed by atoms with E-state index in [0.717, 1.165) is 17.1 Å². The third-order valence-electron chi connectivity index (χ3n) is 1.74. The van der Waals surface area contributed by atoms with Gasteiger partial charge in [-0.1, -0.05) is 12.1 Å². The number of aromatic nitrogens is 2. The molecule has 1 radical (unpaired) electrons. The molecule has 0 saturated carbocycles. The third-order valence-corrected chi connectivity index (χ3v) is 1.74. The van der Waals surface area contributed by atoms with Gasteiger partial charge in [0, 0.05) is 18.0 Å². The third kappa shape index (κ3) is 1.72. The molecule has 13 heavy (non-hydrogen) atoms. The average Bonchev–Trinajstić information content (AvgIpc) is 2.19. The Balaban J connectivity index is 2.48. The van der Waals surface area contributed by atoms with E-state index in [1.807, 2.05) is 37.3 Å². The van der Waals surface area contributed by atoms with E-state index in [-0.39, 0.29) is 0 Å². The number of rotatable bonds is 1. The molecule has 0 spiro atoms. The topological polar surface area (TPSA) is 25.8 Å². The molecule has 0 bridgehead atoms. The SMILES string of the molecule is Cc1cc[c]c(-c2ccccn2)n1. The zero-order valence-corrected chi connectivity index (χ0v) is 7.36. The molecule has 0 saturated heterocycles. The van der Waals surface area contributed by atoms with Gasteiger partial charge in [-0.2, -0.15) is 0 Å². The standard InChI is InChI=1S/C11H9N2/c1-9-5-4-7-11(13-9)10-6-2-3-8-12-10/h2-6,8H,1H3. The summed E-state index contributed by atoms with van der Waals surface area (Å²) in [5, 5.41) is 0. The fourth-order valence-electron chi connectivity index (χ4n) is 1.12. The van der Waals surface area contributed by atoms with Crippen molar-refractivity contribution in [2.75, 3.05) is 0 Å². The van der Waals surface area contributed by atoms with Gasteiger partial charge >= 0.3 is 0 Å². The lowest BCUT2D eigenvalue weighted by Crippen LogP contribution is -1.88. The van der Waals surface area contributed by atoms with Gasteiger partial charge in [0.25, 0.3) is 0 Å². The Morgan fingerprint density at radius 3 is 2.85 bits per heavy atom. The van der Waals surface area contributed by atoms with Crippen molar-refractivity contribution in [1.82, 2.24) is 9.97 Å². The largest absolute Gasteiger partial charge is 0.255 e. The van der Waals surface area contributed by atoms with Crippen molar-refractivity contribution in [3.05, 3.63) is 48.3 Å². The monoisotopic (exact) mass is 169 g/mol. The molecule has 0 aromatic carbocycles. The lowest BCUT2D eigenvalue weighted by Gasteiger charge is -1.98. The van der Waals surface area contributed by atoms with Gasteiger partial charge in [0.05, 0.1) is 11.4 Å². The average molecular weight is 169 g/mol. The molecule has 2 aromatic heterocycles. The summed E-state index contributed by atoms with van der Waals surface area (Å²) in [6, 6.07) is 12.6. The lowest BCUT2D eigenvalue weighted by atomic mass is 10.2. The second-order valence-electron chi connectivity index (χ2n) is 2.79. The quantitative estimate of drug-likeness (QED) is 0.654. The first-order valence-corrected chi connectivity index (χ1v) is 4.13. The van der Waals surface area contributed by atoms with Crippen LogP contribution >= 0.6 is 0 Å². The molecule has 0 aliphatic heterocycles. The van der Waals surface area contributed by atoms with Crippen LogP contribution in [0.5, 0.6) is 0 Å². The maximum Gasteiger partial charge on any atom is 0.0968 e. The van der Waals surface area contributed by atoms with Gasteiger partial charge in [-0.25, -0.2) is 0 Å². The zero-order valence-electron chi connectivity index (χ0n) is 7.36. The summed E-state index contributed by atoms with van der Waals surface area (Å²) in [5.74, 6) is 0. The second kappa shape index (κ2) is 3.35. The molecule has 0 unspecified atom stereocenters. The summed E-state index contributed by atoms with van der Waals surface area (Å²) in [7, 11) is 0. The summed E-state index contributed by atoms with van der Waals surface area (Å²) in [6.07, 6.45) is 1.76. The summed E-state index contributed by atoms with van der Waals surface area (Å²) in [5.41, 5.74) is 2.66. The van der Waals surface area contributed by atoms with Crippen LogP contribution < -0.4 is 0 Å². The molecule has 2 nitrogen and oxygen atoms in total. The predicted molar refractivity (Wildman–Crippen MR) is 51.0 cm³/mol. The highest BCUT2D eigenvalue weighted by Gasteiger charge is 1.98. The number of hydrogen-bond donors (Lipinski definition) is 0. The van der Waals surface area contributed by atoms with Gasteiger partial charge in [0.2, 0.25) is 0 Å². The Hall–Kier alpha value is -1.70. The van der Waals surface area contributed by atoms with E-state index in [2.05, 4.69) is 16.0 Å². The fraction of sp³-hybridized carbons (Fsp3) is 0.0909. The maximum atomic E-state index is 4.33. The highest BCUT2D eigenvalue weighted by Crippen LogP contribution is 2.12.